The minimum Gasteiger partial charge on any atom is -0.459 e. The van der Waals surface area contributed by atoms with Gasteiger partial charge in [-0.3, -0.25) is 9.78 Å². The van der Waals surface area contributed by atoms with Gasteiger partial charge in [-0.1, -0.05) is 60.7 Å². The Kier molecular flexibility index (Phi) is 6.25. The molecule has 3 rings (SSSR count). The van der Waals surface area contributed by atoms with E-state index in [1.807, 2.05) is 60.7 Å². The van der Waals surface area contributed by atoms with Crippen LogP contribution in [0.15, 0.2) is 79.3 Å². The molecule has 0 spiro atoms. The van der Waals surface area contributed by atoms with Crippen molar-refractivity contribution in [3.8, 4) is 0 Å². The second-order valence-electron chi connectivity index (χ2n) is 5.90. The summed E-state index contributed by atoms with van der Waals surface area (Å²) in [4.78, 5) is 32.9. The number of benzene rings is 2. The van der Waals surface area contributed by atoms with Crippen LogP contribution in [0.4, 0.5) is 0 Å². The first-order chi connectivity index (χ1) is 13.2. The summed E-state index contributed by atoms with van der Waals surface area (Å²) in [5, 5.41) is 2.70. The molecule has 136 valence electrons. The minimum atomic E-state index is -0.828. The smallest absolute Gasteiger partial charge is 0.329 e. The Bertz CT molecular complexity index is 871. The van der Waals surface area contributed by atoms with Crippen LogP contribution in [0.1, 0.15) is 21.6 Å². The lowest BCUT2D eigenvalue weighted by Crippen LogP contribution is -2.43. The van der Waals surface area contributed by atoms with Crippen LogP contribution in [0.2, 0.25) is 0 Å². The zero-order valence-electron chi connectivity index (χ0n) is 14.6. The number of carbonyl (C=O) groups excluding carboxylic acids is 2. The molecule has 0 radical (unpaired) electrons. The molecule has 1 heterocycles. The van der Waals surface area contributed by atoms with Gasteiger partial charge in [0.1, 0.15) is 18.3 Å². The molecular formula is C21H19N3O3. The Morgan fingerprint density at radius 1 is 0.926 bits per heavy atom. The van der Waals surface area contributed by atoms with Crippen LogP contribution >= 0.6 is 0 Å². The Hall–Kier alpha value is -3.54. The van der Waals surface area contributed by atoms with Gasteiger partial charge in [-0.15, -0.1) is 0 Å². The summed E-state index contributed by atoms with van der Waals surface area (Å²) in [6.45, 7) is 0.145. The summed E-state index contributed by atoms with van der Waals surface area (Å²) in [7, 11) is 0. The molecule has 27 heavy (non-hydrogen) atoms. The van der Waals surface area contributed by atoms with Crippen LogP contribution in [-0.2, 0) is 22.6 Å². The topological polar surface area (TPSA) is 81.2 Å². The number of nitrogens with zero attached hydrogens (tertiary/aromatic N) is 2. The van der Waals surface area contributed by atoms with Crippen molar-refractivity contribution in [3.05, 3.63) is 96.1 Å². The van der Waals surface area contributed by atoms with Crippen molar-refractivity contribution in [2.45, 2.75) is 19.1 Å². The lowest BCUT2D eigenvalue weighted by molar-refractivity contribution is -0.147. The highest BCUT2D eigenvalue weighted by Crippen LogP contribution is 2.08. The second kappa shape index (κ2) is 9.24. The molecule has 6 heteroatoms. The maximum atomic E-state index is 12.6. The van der Waals surface area contributed by atoms with E-state index in [1.54, 1.807) is 0 Å². The van der Waals surface area contributed by atoms with E-state index in [9.17, 15) is 9.59 Å². The summed E-state index contributed by atoms with van der Waals surface area (Å²) in [6, 6.07) is 18.0. The Labute approximate surface area is 157 Å². The molecule has 1 N–H and O–H groups in total. The average Bonchev–Trinajstić information content (AvgIpc) is 2.73. The fourth-order valence-corrected chi connectivity index (χ4v) is 2.52. The van der Waals surface area contributed by atoms with Gasteiger partial charge in [-0.05, 0) is 11.1 Å². The lowest BCUT2D eigenvalue weighted by Gasteiger charge is -2.17. The highest BCUT2D eigenvalue weighted by Gasteiger charge is 2.24. The molecule has 2 aromatic carbocycles. The molecule has 3 aromatic rings. The van der Waals surface area contributed by atoms with Crippen LogP contribution in [0, 0.1) is 0 Å². The molecule has 0 bridgehead atoms. The molecule has 1 amide bonds. The quantitative estimate of drug-likeness (QED) is 0.654. The molecule has 0 aliphatic rings. The van der Waals surface area contributed by atoms with Gasteiger partial charge >= 0.3 is 5.97 Å². The second-order valence-corrected chi connectivity index (χ2v) is 5.90. The van der Waals surface area contributed by atoms with E-state index in [0.717, 1.165) is 11.1 Å². The van der Waals surface area contributed by atoms with Gasteiger partial charge in [0, 0.05) is 18.8 Å². The monoisotopic (exact) mass is 361 g/mol. The van der Waals surface area contributed by atoms with Gasteiger partial charge in [-0.25, -0.2) is 9.78 Å². The number of ether oxygens (including phenoxy) is 1. The third-order valence-corrected chi connectivity index (χ3v) is 3.89. The van der Waals surface area contributed by atoms with Crippen molar-refractivity contribution in [1.29, 1.82) is 0 Å². The SMILES string of the molecule is O=C(NC(Cc1ccccc1)C(=O)OCc1ccccc1)c1cnccn1. The number of hydrogen-bond donors (Lipinski definition) is 1. The third kappa shape index (κ3) is 5.47. The molecule has 0 fully saturated rings. The summed E-state index contributed by atoms with van der Waals surface area (Å²) in [6.07, 6.45) is 4.58. The molecule has 0 saturated heterocycles. The summed E-state index contributed by atoms with van der Waals surface area (Å²) in [5.74, 6) is -0.972. The summed E-state index contributed by atoms with van der Waals surface area (Å²) in [5.41, 5.74) is 1.94. The molecule has 0 saturated carbocycles. The predicted octanol–water partition coefficient (Wildman–Crippen LogP) is 2.56. The maximum Gasteiger partial charge on any atom is 0.329 e. The van der Waals surface area contributed by atoms with Gasteiger partial charge < -0.3 is 10.1 Å². The normalized spacial score (nSPS) is 11.4. The third-order valence-electron chi connectivity index (χ3n) is 3.89. The van der Waals surface area contributed by atoms with E-state index in [4.69, 9.17) is 4.74 Å². The molecule has 6 nitrogen and oxygen atoms in total. The van der Waals surface area contributed by atoms with Crippen molar-refractivity contribution >= 4 is 11.9 Å². The summed E-state index contributed by atoms with van der Waals surface area (Å²) < 4.78 is 5.41. The highest BCUT2D eigenvalue weighted by atomic mass is 16.5. The van der Waals surface area contributed by atoms with Crippen LogP contribution in [-0.4, -0.2) is 27.9 Å². The van der Waals surface area contributed by atoms with Crippen LogP contribution in [0.3, 0.4) is 0 Å². The van der Waals surface area contributed by atoms with Crippen molar-refractivity contribution in [2.24, 2.45) is 0 Å². The number of amides is 1. The fourth-order valence-electron chi connectivity index (χ4n) is 2.52. The molecular weight excluding hydrogens is 342 g/mol. The molecule has 1 aromatic heterocycles. The maximum absolute atomic E-state index is 12.6. The lowest BCUT2D eigenvalue weighted by atomic mass is 10.1. The Balaban J connectivity index is 1.70. The minimum absolute atomic E-state index is 0.145. The first-order valence-electron chi connectivity index (χ1n) is 8.54. The van der Waals surface area contributed by atoms with Crippen molar-refractivity contribution in [3.63, 3.8) is 0 Å². The average molecular weight is 361 g/mol. The Morgan fingerprint density at radius 3 is 2.22 bits per heavy atom. The number of nitrogens with one attached hydrogen (secondary N) is 1. The molecule has 0 aliphatic carbocycles. The van der Waals surface area contributed by atoms with Crippen LogP contribution in [0.5, 0.6) is 0 Å². The Morgan fingerprint density at radius 2 is 1.59 bits per heavy atom. The van der Waals surface area contributed by atoms with Crippen LogP contribution in [0.25, 0.3) is 0 Å². The van der Waals surface area contributed by atoms with E-state index in [1.165, 1.54) is 18.6 Å². The number of esters is 1. The van der Waals surface area contributed by atoms with Gasteiger partial charge in [-0.2, -0.15) is 0 Å². The zero-order valence-corrected chi connectivity index (χ0v) is 14.6. The first kappa shape index (κ1) is 18.3. The van der Waals surface area contributed by atoms with E-state index in [0.29, 0.717) is 6.42 Å². The van der Waals surface area contributed by atoms with Gasteiger partial charge in [0.15, 0.2) is 0 Å². The predicted molar refractivity (Wildman–Crippen MR) is 99.7 cm³/mol. The standard InChI is InChI=1S/C21H19N3O3/c25-20(19-14-22-11-12-23-19)24-18(13-16-7-3-1-4-8-16)21(26)27-15-17-9-5-2-6-10-17/h1-12,14,18H,13,15H2,(H,24,25). The zero-order chi connectivity index (χ0) is 18.9. The fraction of sp³-hybridized carbons (Fsp3) is 0.143. The molecule has 0 aliphatic heterocycles. The van der Waals surface area contributed by atoms with E-state index < -0.39 is 17.9 Å². The largest absolute Gasteiger partial charge is 0.459 e. The van der Waals surface area contributed by atoms with Crippen molar-refractivity contribution in [2.75, 3.05) is 0 Å². The van der Waals surface area contributed by atoms with Crippen molar-refractivity contribution in [1.82, 2.24) is 15.3 Å². The van der Waals surface area contributed by atoms with E-state index in [-0.39, 0.29) is 12.3 Å². The number of rotatable bonds is 7. The number of carbonyl (C=O) groups is 2. The molecule has 1 atom stereocenters. The number of hydrogen-bond acceptors (Lipinski definition) is 5. The first-order valence-corrected chi connectivity index (χ1v) is 8.54. The summed E-state index contributed by atoms with van der Waals surface area (Å²) >= 11 is 0. The highest BCUT2D eigenvalue weighted by molar-refractivity contribution is 5.95. The number of aromatic nitrogens is 2. The van der Waals surface area contributed by atoms with Crippen LogP contribution < -0.4 is 5.32 Å². The van der Waals surface area contributed by atoms with Crippen molar-refractivity contribution < 1.29 is 14.3 Å². The van der Waals surface area contributed by atoms with E-state index in [2.05, 4.69) is 15.3 Å². The van der Waals surface area contributed by atoms with Gasteiger partial charge in [0.2, 0.25) is 0 Å². The molecule has 1 unspecified atom stereocenters. The van der Waals surface area contributed by atoms with E-state index >= 15 is 0 Å². The van der Waals surface area contributed by atoms with Gasteiger partial charge in [0.05, 0.1) is 6.20 Å². The van der Waals surface area contributed by atoms with Gasteiger partial charge in [0.25, 0.3) is 5.91 Å².